The van der Waals surface area contributed by atoms with E-state index in [2.05, 4.69) is 4.90 Å². The van der Waals surface area contributed by atoms with Crippen molar-refractivity contribution in [3.8, 4) is 28.6 Å². The predicted molar refractivity (Wildman–Crippen MR) is 122 cm³/mol. The monoisotopic (exact) mass is 436 g/mol. The molecule has 168 valence electrons. The summed E-state index contributed by atoms with van der Waals surface area (Å²) in [5, 5.41) is 21.7. The summed E-state index contributed by atoms with van der Waals surface area (Å²) < 4.78 is 12.3. The molecule has 0 unspecified atom stereocenters. The quantitative estimate of drug-likeness (QED) is 0.552. The van der Waals surface area contributed by atoms with E-state index in [9.17, 15) is 15.0 Å². The highest BCUT2D eigenvalue weighted by Crippen LogP contribution is 2.42. The molecule has 0 atom stereocenters. The first-order chi connectivity index (χ1) is 15.5. The van der Waals surface area contributed by atoms with Crippen LogP contribution >= 0.6 is 0 Å². The molecule has 1 aromatic heterocycles. The van der Waals surface area contributed by atoms with Gasteiger partial charge < -0.3 is 24.3 Å². The normalized spacial score (nSPS) is 14.4. The van der Waals surface area contributed by atoms with Gasteiger partial charge in [-0.25, -0.2) is 0 Å². The lowest BCUT2D eigenvalue weighted by atomic mass is 9.98. The maximum atomic E-state index is 13.4. The summed E-state index contributed by atoms with van der Waals surface area (Å²) in [7, 11) is 1.59. The summed E-state index contributed by atoms with van der Waals surface area (Å²) in [6, 6.07) is 14.4. The maximum Gasteiger partial charge on any atom is 0.235 e. The van der Waals surface area contributed by atoms with Crippen LogP contribution in [-0.4, -0.2) is 65.4 Å². The number of nitrogens with zero attached hydrogens (tertiary/aromatic N) is 2. The van der Waals surface area contributed by atoms with Gasteiger partial charge in [-0.3, -0.25) is 9.69 Å². The topological polar surface area (TPSA) is 84.2 Å². The van der Waals surface area contributed by atoms with Crippen LogP contribution in [0.5, 0.6) is 17.4 Å². The number of rotatable bonds is 7. The van der Waals surface area contributed by atoms with E-state index in [-0.39, 0.29) is 17.2 Å². The minimum atomic E-state index is -0.400. The number of ketones is 1. The smallest absolute Gasteiger partial charge is 0.235 e. The van der Waals surface area contributed by atoms with Crippen LogP contribution in [0.4, 0.5) is 0 Å². The number of aromatic hydroxyl groups is 2. The van der Waals surface area contributed by atoms with Crippen LogP contribution in [0, 0.1) is 6.92 Å². The molecule has 1 fully saturated rings. The van der Waals surface area contributed by atoms with E-state index in [0.717, 1.165) is 18.7 Å². The molecule has 1 saturated heterocycles. The molecular formula is C25H28N2O5. The number of carbonyl (C=O) groups is 1. The molecular weight excluding hydrogens is 408 g/mol. The fourth-order valence-electron chi connectivity index (χ4n) is 3.99. The van der Waals surface area contributed by atoms with E-state index in [1.807, 2.05) is 31.2 Å². The largest absolute Gasteiger partial charge is 0.503 e. The Morgan fingerprint density at radius 3 is 2.28 bits per heavy atom. The third-order valence-corrected chi connectivity index (χ3v) is 5.86. The van der Waals surface area contributed by atoms with Gasteiger partial charge in [-0.2, -0.15) is 0 Å². The number of methoxy groups -OCH3 is 1. The molecule has 3 aromatic rings. The Morgan fingerprint density at radius 1 is 1.00 bits per heavy atom. The van der Waals surface area contributed by atoms with Gasteiger partial charge in [0.05, 0.1) is 31.6 Å². The maximum absolute atomic E-state index is 13.4. The molecule has 1 aliphatic rings. The Kier molecular flexibility index (Phi) is 6.48. The van der Waals surface area contributed by atoms with Gasteiger partial charge in [-0.1, -0.05) is 29.8 Å². The van der Waals surface area contributed by atoms with Gasteiger partial charge in [0.2, 0.25) is 5.88 Å². The molecule has 32 heavy (non-hydrogen) atoms. The van der Waals surface area contributed by atoms with Crippen molar-refractivity contribution in [1.29, 1.82) is 0 Å². The van der Waals surface area contributed by atoms with Gasteiger partial charge in [0.15, 0.2) is 11.5 Å². The van der Waals surface area contributed by atoms with Crippen molar-refractivity contribution >= 4 is 5.78 Å². The van der Waals surface area contributed by atoms with E-state index in [1.54, 1.807) is 35.9 Å². The Morgan fingerprint density at radius 2 is 1.66 bits per heavy atom. The van der Waals surface area contributed by atoms with Gasteiger partial charge >= 0.3 is 0 Å². The second kappa shape index (κ2) is 9.46. The number of aryl methyl sites for hydroxylation is 1. The van der Waals surface area contributed by atoms with E-state index < -0.39 is 5.75 Å². The Balaban J connectivity index is 1.78. The van der Waals surface area contributed by atoms with Crippen LogP contribution in [0.3, 0.4) is 0 Å². The van der Waals surface area contributed by atoms with E-state index in [1.165, 1.54) is 0 Å². The Labute approximate surface area is 187 Å². The zero-order chi connectivity index (χ0) is 22.7. The average Bonchev–Trinajstić information content (AvgIpc) is 3.08. The number of benzene rings is 2. The number of hydrogen-bond acceptors (Lipinski definition) is 6. The molecule has 4 rings (SSSR count). The predicted octanol–water partition coefficient (Wildman–Crippen LogP) is 3.45. The molecule has 0 spiro atoms. The molecule has 7 nitrogen and oxygen atoms in total. The van der Waals surface area contributed by atoms with E-state index in [0.29, 0.717) is 48.9 Å². The van der Waals surface area contributed by atoms with Crippen LogP contribution in [0.1, 0.15) is 21.5 Å². The lowest BCUT2D eigenvalue weighted by molar-refractivity contribution is 0.0362. The van der Waals surface area contributed by atoms with Crippen molar-refractivity contribution in [2.45, 2.75) is 13.5 Å². The van der Waals surface area contributed by atoms with Crippen molar-refractivity contribution in [2.24, 2.45) is 0 Å². The zero-order valence-electron chi connectivity index (χ0n) is 18.4. The van der Waals surface area contributed by atoms with Crippen molar-refractivity contribution in [1.82, 2.24) is 9.47 Å². The van der Waals surface area contributed by atoms with Gasteiger partial charge in [0, 0.05) is 31.7 Å². The number of aromatic nitrogens is 1. The number of ether oxygens (including phenoxy) is 2. The highest BCUT2D eigenvalue weighted by atomic mass is 16.5. The fourth-order valence-corrected chi connectivity index (χ4v) is 3.99. The average molecular weight is 437 g/mol. The molecule has 1 aliphatic heterocycles. The lowest BCUT2D eigenvalue weighted by Gasteiger charge is -2.27. The SMILES string of the molecule is COc1ccc(-c2c(C(=O)c3ccc(C)cc3)c(O)c(O)n2CCN2CCOCC2)cc1. The summed E-state index contributed by atoms with van der Waals surface area (Å²) in [5.41, 5.74) is 2.77. The van der Waals surface area contributed by atoms with Crippen LogP contribution in [-0.2, 0) is 11.3 Å². The first kappa shape index (κ1) is 21.9. The Bertz CT molecular complexity index is 1080. The van der Waals surface area contributed by atoms with Crippen molar-refractivity contribution in [2.75, 3.05) is 40.0 Å². The van der Waals surface area contributed by atoms with Crippen LogP contribution in [0.15, 0.2) is 48.5 Å². The second-order valence-electron chi connectivity index (χ2n) is 7.93. The summed E-state index contributed by atoms with van der Waals surface area (Å²) in [6.45, 7) is 5.98. The van der Waals surface area contributed by atoms with Gasteiger partial charge in [0.25, 0.3) is 0 Å². The fraction of sp³-hybridized carbons (Fsp3) is 0.320. The first-order valence-corrected chi connectivity index (χ1v) is 10.7. The minimum absolute atomic E-state index is 0.0958. The van der Waals surface area contributed by atoms with Gasteiger partial charge in [-0.15, -0.1) is 0 Å². The first-order valence-electron chi connectivity index (χ1n) is 10.7. The molecule has 2 aromatic carbocycles. The van der Waals surface area contributed by atoms with Crippen molar-refractivity contribution < 1.29 is 24.5 Å². The molecule has 7 heteroatoms. The van der Waals surface area contributed by atoms with Gasteiger partial charge in [-0.05, 0) is 36.8 Å². The Hall–Kier alpha value is -3.29. The number of hydrogen-bond donors (Lipinski definition) is 2. The van der Waals surface area contributed by atoms with Crippen LogP contribution < -0.4 is 4.74 Å². The summed E-state index contributed by atoms with van der Waals surface area (Å²) >= 11 is 0. The van der Waals surface area contributed by atoms with Crippen molar-refractivity contribution in [3.05, 3.63) is 65.2 Å². The lowest BCUT2D eigenvalue weighted by Crippen LogP contribution is -2.38. The van der Waals surface area contributed by atoms with Crippen LogP contribution in [0.2, 0.25) is 0 Å². The second-order valence-corrected chi connectivity index (χ2v) is 7.93. The zero-order valence-corrected chi connectivity index (χ0v) is 18.4. The minimum Gasteiger partial charge on any atom is -0.503 e. The highest BCUT2D eigenvalue weighted by Gasteiger charge is 2.29. The molecule has 2 heterocycles. The van der Waals surface area contributed by atoms with E-state index >= 15 is 0 Å². The van der Waals surface area contributed by atoms with Gasteiger partial charge in [0.1, 0.15) is 5.75 Å². The third kappa shape index (κ3) is 4.35. The summed E-state index contributed by atoms with van der Waals surface area (Å²) in [6.07, 6.45) is 0. The number of carbonyl (C=O) groups excluding carboxylic acids is 1. The molecule has 0 bridgehead atoms. The number of morpholine rings is 1. The summed E-state index contributed by atoms with van der Waals surface area (Å²) in [5.74, 6) is -0.364. The summed E-state index contributed by atoms with van der Waals surface area (Å²) in [4.78, 5) is 15.7. The molecule has 0 saturated carbocycles. The molecule has 0 radical (unpaired) electrons. The standard InChI is InChI=1S/C25H28N2O5/c1-17-3-5-19(6-4-17)23(28)21-22(18-7-9-20(31-2)10-8-18)27(25(30)24(21)29)12-11-26-13-15-32-16-14-26/h3-10,29-30H,11-16H2,1-2H3. The molecule has 0 aliphatic carbocycles. The third-order valence-electron chi connectivity index (χ3n) is 5.86. The molecule has 0 amide bonds. The van der Waals surface area contributed by atoms with Crippen LogP contribution in [0.25, 0.3) is 11.3 Å². The highest BCUT2D eigenvalue weighted by molar-refractivity contribution is 6.15. The van der Waals surface area contributed by atoms with Crippen molar-refractivity contribution in [3.63, 3.8) is 0 Å². The van der Waals surface area contributed by atoms with E-state index in [4.69, 9.17) is 9.47 Å². The molecule has 2 N–H and O–H groups in total.